The fourth-order valence-electron chi connectivity index (χ4n) is 4.08. The van der Waals surface area contributed by atoms with Crippen molar-refractivity contribution in [1.29, 1.82) is 0 Å². The van der Waals surface area contributed by atoms with E-state index in [1.165, 1.54) is 11.1 Å². The van der Waals surface area contributed by atoms with Crippen molar-refractivity contribution >= 4 is 12.1 Å². The number of aliphatic carboxylic acids is 1. The summed E-state index contributed by atoms with van der Waals surface area (Å²) in [7, 11) is 0. The average Bonchev–Trinajstić information content (AvgIpc) is 2.98. The lowest BCUT2D eigenvalue weighted by Crippen LogP contribution is -2.52. The van der Waals surface area contributed by atoms with Crippen molar-refractivity contribution in [2.24, 2.45) is 11.3 Å². The first kappa shape index (κ1) is 19.9. The van der Waals surface area contributed by atoms with Gasteiger partial charge in [0, 0.05) is 5.92 Å². The lowest BCUT2D eigenvalue weighted by Gasteiger charge is -2.33. The van der Waals surface area contributed by atoms with E-state index >= 15 is 0 Å². The molecule has 2 aromatic rings. The van der Waals surface area contributed by atoms with Crippen LogP contribution in [0.1, 0.15) is 44.7 Å². The molecule has 1 amide bonds. The Hall–Kier alpha value is -2.82. The molecule has 28 heavy (non-hydrogen) atoms. The molecule has 0 aliphatic heterocycles. The Morgan fingerprint density at radius 3 is 2.00 bits per heavy atom. The second kappa shape index (κ2) is 7.66. The van der Waals surface area contributed by atoms with Gasteiger partial charge in [-0.25, -0.2) is 4.79 Å². The van der Waals surface area contributed by atoms with Gasteiger partial charge in [-0.2, -0.15) is 0 Å². The molecule has 0 heterocycles. The second-order valence-electron chi connectivity index (χ2n) is 8.22. The molecule has 5 heteroatoms. The Morgan fingerprint density at radius 1 is 1.04 bits per heavy atom. The van der Waals surface area contributed by atoms with E-state index in [4.69, 9.17) is 4.74 Å². The number of carboxylic acid groups (broad SMARTS) is 1. The van der Waals surface area contributed by atoms with Crippen LogP contribution < -0.4 is 5.32 Å². The minimum Gasteiger partial charge on any atom is -0.481 e. The molecule has 0 bridgehead atoms. The molecular weight excluding hydrogens is 354 g/mol. The summed E-state index contributed by atoms with van der Waals surface area (Å²) in [5.74, 6) is -1.03. The third-order valence-corrected chi connectivity index (χ3v) is 5.61. The van der Waals surface area contributed by atoms with Crippen molar-refractivity contribution in [2.45, 2.75) is 39.7 Å². The number of carbonyl (C=O) groups excluding carboxylic acids is 1. The summed E-state index contributed by atoms with van der Waals surface area (Å²) in [4.78, 5) is 24.1. The van der Waals surface area contributed by atoms with Gasteiger partial charge in [0.1, 0.15) is 6.61 Å². The molecule has 1 aliphatic carbocycles. The lowest BCUT2D eigenvalue weighted by atomic mass is 9.78. The van der Waals surface area contributed by atoms with Crippen LogP contribution in [0.3, 0.4) is 0 Å². The number of benzene rings is 2. The van der Waals surface area contributed by atoms with E-state index in [0.29, 0.717) is 0 Å². The van der Waals surface area contributed by atoms with Crippen LogP contribution in [0.25, 0.3) is 11.1 Å². The fraction of sp³-hybridized carbons (Fsp3) is 0.391. The van der Waals surface area contributed by atoms with Crippen LogP contribution in [-0.4, -0.2) is 29.8 Å². The predicted molar refractivity (Wildman–Crippen MR) is 108 cm³/mol. The summed E-state index contributed by atoms with van der Waals surface area (Å²) < 4.78 is 5.55. The normalized spacial score (nSPS) is 14.3. The van der Waals surface area contributed by atoms with Crippen LogP contribution >= 0.6 is 0 Å². The highest BCUT2D eigenvalue weighted by molar-refractivity contribution is 5.79. The molecule has 1 atom stereocenters. The van der Waals surface area contributed by atoms with E-state index in [1.807, 2.05) is 38.1 Å². The quantitative estimate of drug-likeness (QED) is 0.763. The zero-order valence-electron chi connectivity index (χ0n) is 16.7. The molecule has 0 saturated carbocycles. The number of ether oxygens (including phenoxy) is 1. The molecule has 0 radical (unpaired) electrons. The Balaban J connectivity index is 1.74. The summed E-state index contributed by atoms with van der Waals surface area (Å²) in [6, 6.07) is 15.7. The minimum absolute atomic E-state index is 0.0249. The summed E-state index contributed by atoms with van der Waals surface area (Å²) in [6.07, 6.45) is -0.588. The number of alkyl carbamates (subject to hydrolysis) is 1. The summed E-state index contributed by atoms with van der Waals surface area (Å²) in [5, 5.41) is 12.3. The lowest BCUT2D eigenvalue weighted by molar-refractivity contribution is -0.149. The maximum Gasteiger partial charge on any atom is 0.407 e. The van der Waals surface area contributed by atoms with Gasteiger partial charge in [-0.05, 0) is 42.0 Å². The highest BCUT2D eigenvalue weighted by atomic mass is 16.5. The molecule has 1 aliphatic rings. The number of carboxylic acids is 1. The third kappa shape index (κ3) is 3.61. The van der Waals surface area contributed by atoms with Crippen LogP contribution in [-0.2, 0) is 9.53 Å². The molecular formula is C23H27NO4. The van der Waals surface area contributed by atoms with Crippen LogP contribution in [0.4, 0.5) is 4.79 Å². The van der Waals surface area contributed by atoms with Crippen molar-refractivity contribution in [3.63, 3.8) is 0 Å². The van der Waals surface area contributed by atoms with Crippen molar-refractivity contribution in [2.75, 3.05) is 6.61 Å². The monoisotopic (exact) mass is 381 g/mol. The molecule has 0 aromatic heterocycles. The minimum atomic E-state index is -1.10. The van der Waals surface area contributed by atoms with Gasteiger partial charge in [0.2, 0.25) is 0 Å². The van der Waals surface area contributed by atoms with Gasteiger partial charge < -0.3 is 15.2 Å². The number of carbonyl (C=O) groups is 2. The van der Waals surface area contributed by atoms with Gasteiger partial charge in [-0.1, -0.05) is 62.4 Å². The summed E-state index contributed by atoms with van der Waals surface area (Å²) >= 11 is 0. The fourth-order valence-corrected chi connectivity index (χ4v) is 4.08. The zero-order chi connectivity index (χ0) is 20.5. The topological polar surface area (TPSA) is 75.6 Å². The number of hydrogen-bond acceptors (Lipinski definition) is 3. The molecule has 3 rings (SSSR count). The van der Waals surface area contributed by atoms with Gasteiger partial charge in [-0.3, -0.25) is 4.79 Å². The first-order valence-corrected chi connectivity index (χ1v) is 9.58. The molecule has 5 nitrogen and oxygen atoms in total. The van der Waals surface area contributed by atoms with E-state index in [1.54, 1.807) is 13.8 Å². The van der Waals surface area contributed by atoms with Gasteiger partial charge in [0.15, 0.2) is 0 Å². The van der Waals surface area contributed by atoms with Crippen LogP contribution in [0.5, 0.6) is 0 Å². The molecule has 0 unspecified atom stereocenters. The van der Waals surface area contributed by atoms with E-state index in [-0.39, 0.29) is 18.4 Å². The van der Waals surface area contributed by atoms with Gasteiger partial charge in [0.25, 0.3) is 0 Å². The van der Waals surface area contributed by atoms with Gasteiger partial charge in [0.05, 0.1) is 11.5 Å². The van der Waals surface area contributed by atoms with E-state index in [2.05, 4.69) is 29.6 Å². The van der Waals surface area contributed by atoms with Gasteiger partial charge in [-0.15, -0.1) is 0 Å². The van der Waals surface area contributed by atoms with Crippen LogP contribution in [0.2, 0.25) is 0 Å². The molecule has 2 aromatic carbocycles. The maximum atomic E-state index is 12.5. The zero-order valence-corrected chi connectivity index (χ0v) is 16.7. The number of amides is 1. The summed E-state index contributed by atoms with van der Waals surface area (Å²) in [5.41, 5.74) is 3.52. The Bertz CT molecular complexity index is 842. The first-order valence-electron chi connectivity index (χ1n) is 9.58. The number of rotatable bonds is 6. The highest BCUT2D eigenvalue weighted by Gasteiger charge is 2.40. The number of fused-ring (bicyclic) bond motifs is 3. The second-order valence-corrected chi connectivity index (χ2v) is 8.22. The predicted octanol–water partition coefficient (Wildman–Crippen LogP) is 4.66. The Kier molecular flexibility index (Phi) is 5.45. The average molecular weight is 381 g/mol. The van der Waals surface area contributed by atoms with E-state index < -0.39 is 23.5 Å². The largest absolute Gasteiger partial charge is 0.481 e. The Labute approximate surface area is 165 Å². The third-order valence-electron chi connectivity index (χ3n) is 5.61. The van der Waals surface area contributed by atoms with E-state index in [9.17, 15) is 14.7 Å². The van der Waals surface area contributed by atoms with Crippen LogP contribution in [0, 0.1) is 11.3 Å². The first-order chi connectivity index (χ1) is 13.2. The molecule has 0 saturated heterocycles. The van der Waals surface area contributed by atoms with Crippen LogP contribution in [0.15, 0.2) is 48.5 Å². The Morgan fingerprint density at radius 2 is 1.54 bits per heavy atom. The SMILES string of the molecule is CC(C)[C@@H](NC(=O)OCC1c2ccccc2-c2ccccc21)C(C)(C)C(=O)O. The molecule has 0 spiro atoms. The molecule has 0 fully saturated rings. The van der Waals surface area contributed by atoms with Crippen molar-refractivity contribution in [1.82, 2.24) is 5.32 Å². The van der Waals surface area contributed by atoms with Gasteiger partial charge >= 0.3 is 12.1 Å². The highest BCUT2D eigenvalue weighted by Crippen LogP contribution is 2.44. The van der Waals surface area contributed by atoms with Crippen molar-refractivity contribution < 1.29 is 19.4 Å². The standard InChI is InChI=1S/C23H27NO4/c1-14(2)20(23(3,4)21(25)26)24-22(27)28-13-19-17-11-7-5-9-15(17)16-10-6-8-12-18(16)19/h5-12,14,19-20H,13H2,1-4H3,(H,24,27)(H,25,26)/t20-/m1/s1. The van der Waals surface area contributed by atoms with Crippen molar-refractivity contribution in [3.05, 3.63) is 59.7 Å². The number of hydrogen-bond donors (Lipinski definition) is 2. The molecule has 2 N–H and O–H groups in total. The maximum absolute atomic E-state index is 12.5. The van der Waals surface area contributed by atoms with Crippen molar-refractivity contribution in [3.8, 4) is 11.1 Å². The molecule has 148 valence electrons. The van der Waals surface area contributed by atoms with E-state index in [0.717, 1.165) is 11.1 Å². The summed E-state index contributed by atoms with van der Waals surface area (Å²) in [6.45, 7) is 7.21. The smallest absolute Gasteiger partial charge is 0.407 e. The number of nitrogens with one attached hydrogen (secondary N) is 1.